The van der Waals surface area contributed by atoms with Crippen molar-refractivity contribution in [1.29, 1.82) is 0 Å². The van der Waals surface area contributed by atoms with Gasteiger partial charge < -0.3 is 10.2 Å². The molecule has 0 saturated carbocycles. The lowest BCUT2D eigenvalue weighted by Gasteiger charge is -2.38. The maximum atomic E-state index is 12.9. The molecule has 2 aliphatic rings. The van der Waals surface area contributed by atoms with Gasteiger partial charge in [-0.2, -0.15) is 0 Å². The van der Waals surface area contributed by atoms with Crippen molar-refractivity contribution in [2.24, 2.45) is 5.92 Å². The van der Waals surface area contributed by atoms with Gasteiger partial charge in [0.25, 0.3) is 0 Å². The minimum atomic E-state index is -3.25. The largest absolute Gasteiger partial charge is 0.355 e. The Hall–Kier alpha value is -1.19. The third-order valence-corrected chi connectivity index (χ3v) is 7.25. The van der Waals surface area contributed by atoms with Gasteiger partial charge in [-0.3, -0.25) is 14.5 Å². The van der Waals surface area contributed by atoms with Crippen LogP contribution in [0.3, 0.4) is 0 Å². The molecule has 2 saturated heterocycles. The maximum Gasteiger partial charge on any atom is 0.234 e. The predicted octanol–water partition coefficient (Wildman–Crippen LogP) is 0.109. The van der Waals surface area contributed by atoms with Crippen LogP contribution in [0.2, 0.25) is 0 Å². The molecular weight excluding hydrogens is 368 g/mol. The molecule has 0 aromatic rings. The Morgan fingerprint density at radius 1 is 1.04 bits per heavy atom. The van der Waals surface area contributed by atoms with Gasteiger partial charge in [0.1, 0.15) is 0 Å². The molecule has 2 heterocycles. The Labute approximate surface area is 163 Å². The van der Waals surface area contributed by atoms with E-state index in [2.05, 4.69) is 10.2 Å². The van der Waals surface area contributed by atoms with Crippen LogP contribution < -0.4 is 5.32 Å². The highest BCUT2D eigenvalue weighted by Gasteiger charge is 2.34. The summed E-state index contributed by atoms with van der Waals surface area (Å²) in [4.78, 5) is 28.6. The summed E-state index contributed by atoms with van der Waals surface area (Å²) in [6, 6.07) is 0. The van der Waals surface area contributed by atoms with Gasteiger partial charge in [0.05, 0.1) is 18.2 Å². The lowest BCUT2D eigenvalue weighted by molar-refractivity contribution is -0.138. The molecule has 0 aliphatic carbocycles. The number of amides is 2. The van der Waals surface area contributed by atoms with Crippen LogP contribution in [0.4, 0.5) is 0 Å². The fourth-order valence-corrected chi connectivity index (χ4v) is 5.28. The molecule has 1 unspecified atom stereocenters. The number of carbonyl (C=O) groups is 2. The predicted molar refractivity (Wildman–Crippen MR) is 105 cm³/mol. The number of sulfonamides is 1. The van der Waals surface area contributed by atoms with Crippen LogP contribution in [0.1, 0.15) is 39.5 Å². The maximum absolute atomic E-state index is 12.9. The van der Waals surface area contributed by atoms with E-state index in [1.807, 2.05) is 18.7 Å². The summed E-state index contributed by atoms with van der Waals surface area (Å²) in [6.45, 7) is 8.30. The lowest BCUT2D eigenvalue weighted by atomic mass is 9.98. The van der Waals surface area contributed by atoms with E-state index in [9.17, 15) is 18.0 Å². The molecule has 2 amide bonds. The van der Waals surface area contributed by atoms with Crippen LogP contribution in [0.15, 0.2) is 0 Å². The molecule has 2 fully saturated rings. The number of nitrogens with zero attached hydrogens (tertiary/aromatic N) is 3. The quantitative estimate of drug-likeness (QED) is 0.622. The second kappa shape index (κ2) is 10.4. The zero-order valence-corrected chi connectivity index (χ0v) is 17.5. The first kappa shape index (κ1) is 22.1. The first-order valence-corrected chi connectivity index (χ1v) is 11.7. The number of piperazine rings is 1. The van der Waals surface area contributed by atoms with E-state index in [1.54, 1.807) is 0 Å². The Bertz CT molecular complexity index is 602. The van der Waals surface area contributed by atoms with Crippen molar-refractivity contribution >= 4 is 21.8 Å². The molecule has 156 valence electrons. The molecule has 0 bridgehead atoms. The van der Waals surface area contributed by atoms with Gasteiger partial charge in [-0.25, -0.2) is 12.7 Å². The smallest absolute Gasteiger partial charge is 0.234 e. The van der Waals surface area contributed by atoms with Crippen LogP contribution >= 0.6 is 0 Å². The van der Waals surface area contributed by atoms with E-state index in [0.717, 1.165) is 19.3 Å². The molecule has 2 rings (SSSR count). The Morgan fingerprint density at radius 3 is 2.37 bits per heavy atom. The molecular formula is C18H34N4O4S. The van der Waals surface area contributed by atoms with Gasteiger partial charge in [-0.15, -0.1) is 0 Å². The normalized spacial score (nSPS) is 22.6. The van der Waals surface area contributed by atoms with Gasteiger partial charge >= 0.3 is 0 Å². The molecule has 9 heteroatoms. The molecule has 0 aromatic carbocycles. The van der Waals surface area contributed by atoms with E-state index in [1.165, 1.54) is 4.31 Å². The average Bonchev–Trinajstić information content (AvgIpc) is 2.66. The van der Waals surface area contributed by atoms with Gasteiger partial charge in [-0.1, -0.05) is 13.8 Å². The molecule has 0 radical (unpaired) electrons. The van der Waals surface area contributed by atoms with Crippen LogP contribution in [0.5, 0.6) is 0 Å². The zero-order chi connectivity index (χ0) is 19.9. The van der Waals surface area contributed by atoms with Crippen molar-refractivity contribution in [1.82, 2.24) is 19.4 Å². The van der Waals surface area contributed by atoms with E-state index >= 15 is 0 Å². The Balaban J connectivity index is 1.82. The summed E-state index contributed by atoms with van der Waals surface area (Å²) in [7, 11) is -3.25. The number of carbonyl (C=O) groups excluding carboxylic acids is 2. The summed E-state index contributed by atoms with van der Waals surface area (Å²) in [5.41, 5.74) is 0. The number of hydrogen-bond donors (Lipinski definition) is 1. The Kier molecular flexibility index (Phi) is 8.50. The van der Waals surface area contributed by atoms with Crippen LogP contribution in [0.25, 0.3) is 0 Å². The fraction of sp³-hybridized carbons (Fsp3) is 0.889. The number of piperidine rings is 1. The molecule has 27 heavy (non-hydrogen) atoms. The summed E-state index contributed by atoms with van der Waals surface area (Å²) in [5, 5.41) is 2.87. The summed E-state index contributed by atoms with van der Waals surface area (Å²) in [6.07, 6.45) is 2.99. The highest BCUT2D eigenvalue weighted by atomic mass is 32.2. The third-order valence-electron chi connectivity index (χ3n) is 5.21. The second-order valence-electron chi connectivity index (χ2n) is 7.46. The number of nitrogens with one attached hydrogen (secondary N) is 1. The SMILES string of the molecule is CCCNC(=O)CN1CCN(C(=O)C2CCCN(S(=O)(=O)CCC)C2)CC1. The molecule has 0 spiro atoms. The highest BCUT2D eigenvalue weighted by Crippen LogP contribution is 2.22. The Morgan fingerprint density at radius 2 is 1.74 bits per heavy atom. The van der Waals surface area contributed by atoms with E-state index in [-0.39, 0.29) is 23.5 Å². The van der Waals surface area contributed by atoms with Gasteiger partial charge in [0.2, 0.25) is 21.8 Å². The summed E-state index contributed by atoms with van der Waals surface area (Å²) >= 11 is 0. The molecule has 2 aliphatic heterocycles. The van der Waals surface area contributed by atoms with Crippen LogP contribution in [0, 0.1) is 5.92 Å². The highest BCUT2D eigenvalue weighted by molar-refractivity contribution is 7.89. The van der Waals surface area contributed by atoms with Gasteiger partial charge in [-0.05, 0) is 25.7 Å². The first-order chi connectivity index (χ1) is 12.9. The minimum absolute atomic E-state index is 0.0284. The zero-order valence-electron chi connectivity index (χ0n) is 16.7. The van der Waals surface area contributed by atoms with Gasteiger partial charge in [0, 0.05) is 45.8 Å². The summed E-state index contributed by atoms with van der Waals surface area (Å²) < 4.78 is 26.1. The first-order valence-electron chi connectivity index (χ1n) is 10.1. The topological polar surface area (TPSA) is 90.0 Å². The van der Waals surface area contributed by atoms with Crippen molar-refractivity contribution in [2.75, 3.05) is 58.1 Å². The van der Waals surface area contributed by atoms with E-state index < -0.39 is 10.0 Å². The average molecular weight is 403 g/mol. The van der Waals surface area contributed by atoms with Crippen molar-refractivity contribution < 1.29 is 18.0 Å². The van der Waals surface area contributed by atoms with Crippen molar-refractivity contribution in [3.63, 3.8) is 0 Å². The number of hydrogen-bond acceptors (Lipinski definition) is 5. The second-order valence-corrected chi connectivity index (χ2v) is 9.55. The number of rotatable bonds is 8. The summed E-state index contributed by atoms with van der Waals surface area (Å²) in [5.74, 6) is -0.0147. The fourth-order valence-electron chi connectivity index (χ4n) is 3.69. The van der Waals surface area contributed by atoms with Crippen LogP contribution in [-0.2, 0) is 19.6 Å². The van der Waals surface area contributed by atoms with Gasteiger partial charge in [0.15, 0.2) is 0 Å². The van der Waals surface area contributed by atoms with E-state index in [0.29, 0.717) is 58.8 Å². The molecule has 1 atom stereocenters. The third kappa shape index (κ3) is 6.43. The van der Waals surface area contributed by atoms with Crippen molar-refractivity contribution in [2.45, 2.75) is 39.5 Å². The minimum Gasteiger partial charge on any atom is -0.355 e. The van der Waals surface area contributed by atoms with E-state index in [4.69, 9.17) is 0 Å². The lowest BCUT2D eigenvalue weighted by Crippen LogP contribution is -2.54. The standard InChI is InChI=1S/C18H34N4O4S/c1-3-7-19-17(23)15-20-9-11-21(12-10-20)18(24)16-6-5-8-22(14-16)27(25,26)13-4-2/h16H,3-15H2,1-2H3,(H,19,23). The van der Waals surface area contributed by atoms with Crippen molar-refractivity contribution in [3.8, 4) is 0 Å². The van der Waals surface area contributed by atoms with Crippen LogP contribution in [-0.4, -0.2) is 92.4 Å². The van der Waals surface area contributed by atoms with Crippen molar-refractivity contribution in [3.05, 3.63) is 0 Å². The molecule has 8 nitrogen and oxygen atoms in total. The molecule has 1 N–H and O–H groups in total. The molecule has 0 aromatic heterocycles. The monoisotopic (exact) mass is 402 g/mol.